The molecule has 0 saturated carbocycles. The van der Waals surface area contributed by atoms with Crippen molar-refractivity contribution in [1.82, 2.24) is 10.2 Å². The van der Waals surface area contributed by atoms with Crippen LogP contribution in [0.4, 0.5) is 0 Å². The number of amides is 1. The van der Waals surface area contributed by atoms with E-state index >= 15 is 0 Å². The summed E-state index contributed by atoms with van der Waals surface area (Å²) in [5.74, 6) is -0.527. The Morgan fingerprint density at radius 1 is 1.00 bits per heavy atom. The summed E-state index contributed by atoms with van der Waals surface area (Å²) in [6.45, 7) is 8.44. The molecule has 37 heavy (non-hydrogen) atoms. The first-order chi connectivity index (χ1) is 17.9. The van der Waals surface area contributed by atoms with Crippen molar-refractivity contribution in [3.8, 4) is 0 Å². The lowest BCUT2D eigenvalue weighted by Crippen LogP contribution is -2.45. The van der Waals surface area contributed by atoms with Crippen LogP contribution in [0.1, 0.15) is 63.4 Å². The molecule has 0 fully saturated rings. The maximum Gasteiger partial charge on any atom is 0.338 e. The molecule has 2 atom stereocenters. The summed E-state index contributed by atoms with van der Waals surface area (Å²) >= 11 is 1.64. The van der Waals surface area contributed by atoms with Gasteiger partial charge in [-0.2, -0.15) is 0 Å². The third-order valence-corrected chi connectivity index (χ3v) is 7.00. The van der Waals surface area contributed by atoms with Gasteiger partial charge in [0, 0.05) is 49.1 Å². The van der Waals surface area contributed by atoms with Crippen LogP contribution >= 0.6 is 11.3 Å². The van der Waals surface area contributed by atoms with E-state index in [0.717, 1.165) is 28.8 Å². The van der Waals surface area contributed by atoms with E-state index in [1.165, 1.54) is 0 Å². The number of aryl methyl sites for hydroxylation is 1. The minimum atomic E-state index is -0.533. The second-order valence-corrected chi connectivity index (χ2v) is 10.4. The average Bonchev–Trinajstić information content (AvgIpc) is 3.40. The van der Waals surface area contributed by atoms with Gasteiger partial charge >= 0.3 is 5.97 Å². The van der Waals surface area contributed by atoms with E-state index in [-0.39, 0.29) is 11.9 Å². The largest absolute Gasteiger partial charge is 0.456 e. The van der Waals surface area contributed by atoms with Crippen molar-refractivity contribution >= 4 is 23.2 Å². The summed E-state index contributed by atoms with van der Waals surface area (Å²) in [6.07, 6.45) is 1.84. The van der Waals surface area contributed by atoms with Crippen molar-refractivity contribution in [3.05, 3.63) is 93.2 Å². The molecular weight excluding hydrogens is 482 g/mol. The highest BCUT2D eigenvalue weighted by atomic mass is 32.1. The van der Waals surface area contributed by atoms with E-state index in [4.69, 9.17) is 10.5 Å². The van der Waals surface area contributed by atoms with E-state index < -0.39 is 12.1 Å². The number of carbonyl (C=O) groups is 2. The van der Waals surface area contributed by atoms with E-state index in [1.54, 1.807) is 23.5 Å². The maximum atomic E-state index is 13.3. The Balaban J connectivity index is 1.75. The van der Waals surface area contributed by atoms with Crippen molar-refractivity contribution in [1.29, 1.82) is 0 Å². The Morgan fingerprint density at radius 3 is 2.35 bits per heavy atom. The highest BCUT2D eigenvalue weighted by Gasteiger charge is 2.25. The fourth-order valence-electron chi connectivity index (χ4n) is 4.29. The van der Waals surface area contributed by atoms with Crippen LogP contribution in [0.2, 0.25) is 0 Å². The number of nitrogens with two attached hydrogens (primary N) is 1. The molecule has 3 aromatic rings. The van der Waals surface area contributed by atoms with Crippen molar-refractivity contribution < 1.29 is 14.3 Å². The Morgan fingerprint density at radius 2 is 1.70 bits per heavy atom. The Bertz CT molecular complexity index is 1110. The number of rotatable bonds is 14. The van der Waals surface area contributed by atoms with Crippen molar-refractivity contribution in [3.63, 3.8) is 0 Å². The fourth-order valence-corrected chi connectivity index (χ4v) is 5.07. The number of nitrogens with zero attached hydrogens (tertiary/aromatic N) is 1. The quantitative estimate of drug-likeness (QED) is 0.285. The summed E-state index contributed by atoms with van der Waals surface area (Å²) < 4.78 is 5.98. The Labute approximate surface area is 224 Å². The molecule has 3 N–H and O–H groups in total. The molecule has 1 heterocycles. The number of benzene rings is 2. The monoisotopic (exact) mass is 521 g/mol. The zero-order valence-electron chi connectivity index (χ0n) is 22.1. The third kappa shape index (κ3) is 8.81. The maximum absolute atomic E-state index is 13.3. The summed E-state index contributed by atoms with van der Waals surface area (Å²) in [5, 5.41) is 5.40. The normalized spacial score (nSPS) is 12.6. The van der Waals surface area contributed by atoms with Crippen molar-refractivity contribution in [2.45, 2.75) is 58.7 Å². The minimum Gasteiger partial charge on any atom is -0.456 e. The van der Waals surface area contributed by atoms with Crippen LogP contribution in [0.25, 0.3) is 0 Å². The number of carbonyl (C=O) groups excluding carboxylic acids is 2. The number of esters is 1. The molecule has 1 aromatic heterocycles. The van der Waals surface area contributed by atoms with Gasteiger partial charge in [0.2, 0.25) is 0 Å². The predicted molar refractivity (Wildman–Crippen MR) is 151 cm³/mol. The lowest BCUT2D eigenvalue weighted by atomic mass is 10.0. The van der Waals surface area contributed by atoms with E-state index in [9.17, 15) is 9.59 Å². The Kier molecular flexibility index (Phi) is 11.3. The number of hydrogen-bond acceptors (Lipinski definition) is 6. The van der Waals surface area contributed by atoms with E-state index in [1.807, 2.05) is 65.7 Å². The molecule has 0 aliphatic heterocycles. The molecule has 0 saturated heterocycles. The second kappa shape index (κ2) is 14.7. The van der Waals surface area contributed by atoms with Gasteiger partial charge in [-0.05, 0) is 60.5 Å². The first-order valence-electron chi connectivity index (χ1n) is 13.1. The van der Waals surface area contributed by atoms with Gasteiger partial charge in [0.1, 0.15) is 6.10 Å². The van der Waals surface area contributed by atoms with Gasteiger partial charge in [0.15, 0.2) is 0 Å². The van der Waals surface area contributed by atoms with E-state index in [2.05, 4.69) is 19.2 Å². The lowest BCUT2D eigenvalue weighted by Gasteiger charge is -2.25. The molecule has 1 amide bonds. The molecular formula is C30H39N3O3S. The van der Waals surface area contributed by atoms with Gasteiger partial charge < -0.3 is 20.7 Å². The molecule has 0 aliphatic rings. The smallest absolute Gasteiger partial charge is 0.338 e. The van der Waals surface area contributed by atoms with Gasteiger partial charge in [-0.1, -0.05) is 50.2 Å². The molecule has 0 bridgehead atoms. The molecule has 0 unspecified atom stereocenters. The minimum absolute atomic E-state index is 0.0584. The lowest BCUT2D eigenvalue weighted by molar-refractivity contribution is 0.0239. The molecule has 198 valence electrons. The van der Waals surface area contributed by atoms with Gasteiger partial charge in [-0.3, -0.25) is 4.79 Å². The zero-order chi connectivity index (χ0) is 26.6. The van der Waals surface area contributed by atoms with Crippen LogP contribution in [0.15, 0.2) is 66.0 Å². The van der Waals surface area contributed by atoms with Crippen LogP contribution in [0.3, 0.4) is 0 Å². The molecule has 0 radical (unpaired) electrons. The van der Waals surface area contributed by atoms with Crippen LogP contribution in [0, 0.1) is 6.92 Å². The summed E-state index contributed by atoms with van der Waals surface area (Å²) in [7, 11) is 0. The average molecular weight is 522 g/mol. The van der Waals surface area contributed by atoms with Gasteiger partial charge in [0.05, 0.1) is 5.56 Å². The first kappa shape index (κ1) is 28.6. The fraction of sp³-hybridized carbons (Fsp3) is 0.400. The number of nitrogens with one attached hydrogen (secondary N) is 1. The highest BCUT2D eigenvalue weighted by Crippen LogP contribution is 2.17. The molecule has 7 heteroatoms. The molecule has 6 nitrogen and oxygen atoms in total. The summed E-state index contributed by atoms with van der Waals surface area (Å²) in [4.78, 5) is 29.5. The first-order valence-corrected chi connectivity index (χ1v) is 13.9. The summed E-state index contributed by atoms with van der Waals surface area (Å²) in [6, 6.07) is 19.0. The zero-order valence-corrected chi connectivity index (χ0v) is 22.9. The molecule has 3 rings (SSSR count). The van der Waals surface area contributed by atoms with Crippen molar-refractivity contribution in [2.75, 3.05) is 19.6 Å². The van der Waals surface area contributed by atoms with Crippen LogP contribution in [0.5, 0.6) is 0 Å². The molecule has 2 aromatic carbocycles. The molecule has 0 spiro atoms. The van der Waals surface area contributed by atoms with Gasteiger partial charge in [-0.15, -0.1) is 11.3 Å². The van der Waals surface area contributed by atoms with Crippen molar-refractivity contribution in [2.24, 2.45) is 5.73 Å². The van der Waals surface area contributed by atoms with Crippen LogP contribution < -0.4 is 11.1 Å². The standard InChI is InChI=1S/C30H39N3O3S/c1-4-13-33(14-5-2)29(34)24-16-22(3)17-25(18-24)30(35)36-28(27(31)19-26-12-9-15-37-26)21-32-20-23-10-7-6-8-11-23/h6-12,15-18,27-28,32H,4-5,13-14,19-21,31H2,1-3H3/t27-,28+/m0/s1. The molecule has 0 aliphatic carbocycles. The van der Waals surface area contributed by atoms with Crippen LogP contribution in [-0.2, 0) is 17.7 Å². The Hall–Kier alpha value is -3.00. The number of thiophene rings is 1. The van der Waals surface area contributed by atoms with E-state index in [0.29, 0.717) is 43.7 Å². The highest BCUT2D eigenvalue weighted by molar-refractivity contribution is 7.09. The SMILES string of the molecule is CCCN(CCC)C(=O)c1cc(C)cc(C(=O)O[C@H](CNCc2ccccc2)[C@@H](N)Cc2cccs2)c1. The summed E-state index contributed by atoms with van der Waals surface area (Å²) in [5.41, 5.74) is 9.42. The number of ether oxygens (including phenoxy) is 1. The third-order valence-electron chi connectivity index (χ3n) is 6.10. The van der Waals surface area contributed by atoms with Gasteiger partial charge in [-0.25, -0.2) is 4.79 Å². The second-order valence-electron chi connectivity index (χ2n) is 9.39. The van der Waals surface area contributed by atoms with Crippen LogP contribution in [-0.4, -0.2) is 48.6 Å². The predicted octanol–water partition coefficient (Wildman–Crippen LogP) is 5.20. The number of hydrogen-bond donors (Lipinski definition) is 2. The van der Waals surface area contributed by atoms with Gasteiger partial charge in [0.25, 0.3) is 5.91 Å². The topological polar surface area (TPSA) is 84.7 Å².